The van der Waals surface area contributed by atoms with Gasteiger partial charge in [-0.3, -0.25) is 15.3 Å². The Morgan fingerprint density at radius 2 is 1.68 bits per heavy atom. The second kappa shape index (κ2) is 10.2. The number of pyridine rings is 2. The molecular formula is C24H25F2N5O3. The van der Waals surface area contributed by atoms with Crippen LogP contribution in [-0.2, 0) is 17.7 Å². The van der Waals surface area contributed by atoms with Crippen molar-refractivity contribution in [1.82, 2.24) is 15.3 Å². The fourth-order valence-electron chi connectivity index (χ4n) is 3.27. The predicted molar refractivity (Wildman–Crippen MR) is 123 cm³/mol. The number of primary amides is 1. The number of aromatic nitrogens is 2. The van der Waals surface area contributed by atoms with E-state index < -0.39 is 29.4 Å². The number of nitrogens with zero attached hydrogens (tertiary/aromatic N) is 2. The first kappa shape index (κ1) is 24.6. The Morgan fingerprint density at radius 3 is 2.32 bits per heavy atom. The quantitative estimate of drug-likeness (QED) is 0.490. The van der Waals surface area contributed by atoms with Crippen molar-refractivity contribution in [3.8, 4) is 11.1 Å². The van der Waals surface area contributed by atoms with Gasteiger partial charge in [-0.1, -0.05) is 12.1 Å². The van der Waals surface area contributed by atoms with E-state index in [2.05, 4.69) is 20.6 Å². The third kappa shape index (κ3) is 6.25. The Morgan fingerprint density at radius 1 is 1.00 bits per heavy atom. The first-order chi connectivity index (χ1) is 16.0. The van der Waals surface area contributed by atoms with Crippen LogP contribution in [0.4, 0.5) is 24.1 Å². The largest absolute Gasteiger partial charge is 0.444 e. The van der Waals surface area contributed by atoms with Gasteiger partial charge in [0.1, 0.15) is 11.4 Å². The van der Waals surface area contributed by atoms with Crippen LogP contribution in [-0.4, -0.2) is 27.7 Å². The maximum absolute atomic E-state index is 15.7. The number of anilines is 1. The van der Waals surface area contributed by atoms with Gasteiger partial charge < -0.3 is 15.8 Å². The number of ether oxygens (including phenoxy) is 1. The van der Waals surface area contributed by atoms with E-state index in [0.717, 1.165) is 0 Å². The van der Waals surface area contributed by atoms with Gasteiger partial charge in [-0.2, -0.15) is 0 Å². The van der Waals surface area contributed by atoms with Crippen LogP contribution in [0.5, 0.6) is 0 Å². The lowest BCUT2D eigenvalue weighted by Crippen LogP contribution is -2.29. The van der Waals surface area contributed by atoms with E-state index in [1.807, 2.05) is 0 Å². The number of carbonyl (C=O) groups is 2. The molecule has 3 amide bonds. The fourth-order valence-corrected chi connectivity index (χ4v) is 3.27. The van der Waals surface area contributed by atoms with Gasteiger partial charge in [0.15, 0.2) is 5.82 Å². The van der Waals surface area contributed by atoms with Gasteiger partial charge in [-0.25, -0.2) is 18.4 Å². The monoisotopic (exact) mass is 469 g/mol. The summed E-state index contributed by atoms with van der Waals surface area (Å²) < 4.78 is 35.3. The Bertz CT molecular complexity index is 1210. The van der Waals surface area contributed by atoms with Crippen molar-refractivity contribution in [3.63, 3.8) is 0 Å². The second-order valence-electron chi connectivity index (χ2n) is 8.40. The van der Waals surface area contributed by atoms with Crippen molar-refractivity contribution < 1.29 is 23.1 Å². The van der Waals surface area contributed by atoms with Gasteiger partial charge in [0, 0.05) is 29.9 Å². The normalized spacial score (nSPS) is 11.1. The molecule has 0 unspecified atom stereocenters. The average Bonchev–Trinajstić information content (AvgIpc) is 2.75. The number of carbonyl (C=O) groups excluding carboxylic acids is 2. The van der Waals surface area contributed by atoms with Crippen LogP contribution >= 0.6 is 0 Å². The Balaban J connectivity index is 2.10. The highest BCUT2D eigenvalue weighted by Crippen LogP contribution is 2.33. The van der Waals surface area contributed by atoms with E-state index >= 15 is 4.39 Å². The number of hydrogen-bond donors (Lipinski definition) is 3. The zero-order chi connectivity index (χ0) is 24.9. The van der Waals surface area contributed by atoms with Gasteiger partial charge in [0.25, 0.3) is 0 Å². The van der Waals surface area contributed by atoms with E-state index in [1.165, 1.54) is 30.6 Å². The summed E-state index contributed by atoms with van der Waals surface area (Å²) in [4.78, 5) is 31.7. The summed E-state index contributed by atoms with van der Waals surface area (Å²) >= 11 is 0. The lowest BCUT2D eigenvalue weighted by Gasteiger charge is -2.21. The minimum atomic E-state index is -0.832. The molecule has 0 saturated heterocycles. The van der Waals surface area contributed by atoms with E-state index in [1.54, 1.807) is 39.0 Å². The maximum Gasteiger partial charge on any atom is 0.412 e. The molecule has 0 aliphatic carbocycles. The minimum Gasteiger partial charge on any atom is -0.444 e. The predicted octanol–water partition coefficient (Wildman–Crippen LogP) is 4.53. The molecule has 0 radical (unpaired) electrons. The first-order valence-electron chi connectivity index (χ1n) is 10.4. The van der Waals surface area contributed by atoms with Crippen LogP contribution < -0.4 is 16.4 Å². The lowest BCUT2D eigenvalue weighted by atomic mass is 9.94. The molecule has 1 aromatic carbocycles. The number of rotatable bonds is 6. The molecule has 2 heterocycles. The summed E-state index contributed by atoms with van der Waals surface area (Å²) in [5.41, 5.74) is 5.69. The smallest absolute Gasteiger partial charge is 0.412 e. The van der Waals surface area contributed by atoms with Gasteiger partial charge in [0.2, 0.25) is 0 Å². The molecule has 8 nitrogen and oxygen atoms in total. The van der Waals surface area contributed by atoms with Crippen LogP contribution in [0, 0.1) is 11.6 Å². The molecule has 0 saturated carbocycles. The highest BCUT2D eigenvalue weighted by molar-refractivity contribution is 5.86. The zero-order valence-corrected chi connectivity index (χ0v) is 19.0. The van der Waals surface area contributed by atoms with Crippen LogP contribution in [0.15, 0.2) is 48.8 Å². The number of nitrogens with two attached hydrogens (primary N) is 1. The first-order valence-corrected chi connectivity index (χ1v) is 10.4. The van der Waals surface area contributed by atoms with Crippen molar-refractivity contribution >= 4 is 17.8 Å². The van der Waals surface area contributed by atoms with E-state index in [0.29, 0.717) is 16.8 Å². The molecule has 0 aliphatic heterocycles. The van der Waals surface area contributed by atoms with Crippen molar-refractivity contribution in [2.24, 2.45) is 5.73 Å². The summed E-state index contributed by atoms with van der Waals surface area (Å²) in [5, 5.41) is 4.86. The summed E-state index contributed by atoms with van der Waals surface area (Å²) in [6.07, 6.45) is 1.90. The van der Waals surface area contributed by atoms with E-state index in [9.17, 15) is 14.0 Å². The third-order valence-electron chi connectivity index (χ3n) is 4.67. The third-order valence-corrected chi connectivity index (χ3v) is 4.67. The summed E-state index contributed by atoms with van der Waals surface area (Å²) in [6, 6.07) is 8.23. The number of amides is 3. The summed E-state index contributed by atoms with van der Waals surface area (Å²) in [5.74, 6) is -1.37. The van der Waals surface area contributed by atoms with Crippen LogP contribution in [0.25, 0.3) is 11.1 Å². The molecule has 0 fully saturated rings. The summed E-state index contributed by atoms with van der Waals surface area (Å²) in [6.45, 7) is 5.06. The Kier molecular flexibility index (Phi) is 7.40. The van der Waals surface area contributed by atoms with Crippen LogP contribution in [0.3, 0.4) is 0 Å². The van der Waals surface area contributed by atoms with Gasteiger partial charge >= 0.3 is 12.1 Å². The van der Waals surface area contributed by atoms with Gasteiger partial charge in [-0.15, -0.1) is 0 Å². The lowest BCUT2D eigenvalue weighted by molar-refractivity contribution is 0.0635. The number of halogens is 2. The zero-order valence-electron chi connectivity index (χ0n) is 19.0. The molecule has 4 N–H and O–H groups in total. The average molecular weight is 469 g/mol. The minimum absolute atomic E-state index is 0.00240. The molecule has 3 aromatic rings. The number of hydrogen-bond acceptors (Lipinski definition) is 5. The number of urea groups is 1. The molecule has 178 valence electrons. The maximum atomic E-state index is 15.7. The molecule has 0 aliphatic rings. The van der Waals surface area contributed by atoms with Gasteiger partial charge in [-0.05, 0) is 50.6 Å². The highest BCUT2D eigenvalue weighted by Gasteiger charge is 2.22. The molecule has 0 atom stereocenters. The highest BCUT2D eigenvalue weighted by atomic mass is 19.1. The van der Waals surface area contributed by atoms with Gasteiger partial charge in [0.05, 0.1) is 23.6 Å². The molecule has 34 heavy (non-hydrogen) atoms. The molecule has 10 heteroatoms. The Labute approximate surface area is 195 Å². The van der Waals surface area contributed by atoms with E-state index in [-0.39, 0.29) is 29.9 Å². The number of nitrogens with one attached hydrogen (secondary N) is 2. The fraction of sp³-hybridized carbons (Fsp3) is 0.250. The molecule has 0 bridgehead atoms. The summed E-state index contributed by atoms with van der Waals surface area (Å²) in [7, 11) is 0. The van der Waals surface area contributed by atoms with Crippen molar-refractivity contribution in [2.45, 2.75) is 39.3 Å². The molecule has 3 rings (SSSR count). The topological polar surface area (TPSA) is 119 Å². The SMILES string of the molecule is CC(C)(C)OC(=O)Nc1ccc(-c2cccnc2CNC(N)=O)c(Cc2ncccc2F)c1F. The van der Waals surface area contributed by atoms with Crippen LogP contribution in [0.1, 0.15) is 37.7 Å². The molecular weight excluding hydrogens is 444 g/mol. The van der Waals surface area contributed by atoms with Crippen molar-refractivity contribution in [1.29, 1.82) is 0 Å². The number of benzene rings is 1. The second-order valence-corrected chi connectivity index (χ2v) is 8.40. The molecule has 2 aromatic heterocycles. The Hall–Kier alpha value is -4.08. The van der Waals surface area contributed by atoms with E-state index in [4.69, 9.17) is 10.5 Å². The van der Waals surface area contributed by atoms with Crippen molar-refractivity contribution in [3.05, 3.63) is 77.4 Å². The molecule has 0 spiro atoms. The standard InChI is InChI=1S/C24H25F2N5O3/c1-24(2,3)34-23(33)31-18-9-8-14(15-6-4-10-29-20(15)13-30-22(27)32)16(21(18)26)12-19-17(25)7-5-11-28-19/h4-11H,12-13H2,1-3H3,(H,31,33)(H3,27,30,32). The van der Waals surface area contributed by atoms with Crippen molar-refractivity contribution in [2.75, 3.05) is 5.32 Å². The van der Waals surface area contributed by atoms with Crippen LogP contribution in [0.2, 0.25) is 0 Å².